The predicted octanol–water partition coefficient (Wildman–Crippen LogP) is 3.73. The van der Waals surface area contributed by atoms with Gasteiger partial charge in [-0.1, -0.05) is 35.9 Å². The summed E-state index contributed by atoms with van der Waals surface area (Å²) in [6.45, 7) is 0. The van der Waals surface area contributed by atoms with E-state index in [4.69, 9.17) is 22.1 Å². The molecule has 0 radical (unpaired) electrons. The molecule has 2 aromatic rings. The summed E-state index contributed by atoms with van der Waals surface area (Å²) >= 11 is 5.92. The van der Waals surface area contributed by atoms with Crippen LogP contribution in [0.5, 0.6) is 5.75 Å². The summed E-state index contributed by atoms with van der Waals surface area (Å²) in [5, 5.41) is 0.145. The number of benzene rings is 2. The van der Waals surface area contributed by atoms with E-state index < -0.39 is 5.82 Å². The first kappa shape index (κ1) is 13.8. The van der Waals surface area contributed by atoms with E-state index in [0.717, 1.165) is 11.3 Å². The van der Waals surface area contributed by atoms with E-state index >= 15 is 0 Å². The molecule has 4 heteroatoms. The van der Waals surface area contributed by atoms with Crippen LogP contribution < -0.4 is 10.5 Å². The smallest absolute Gasteiger partial charge is 0.142 e. The van der Waals surface area contributed by atoms with Crippen LogP contribution in [0.25, 0.3) is 0 Å². The third-order valence-corrected chi connectivity index (χ3v) is 3.44. The van der Waals surface area contributed by atoms with Crippen molar-refractivity contribution in [2.24, 2.45) is 5.73 Å². The highest BCUT2D eigenvalue weighted by molar-refractivity contribution is 6.31. The standard InChI is InChI=1S/C15H15ClFNO/c1-19-12-7-5-10(6-8-12)14(18)9-11-3-2-4-13(17)15(11)16/h2-8,14H,9,18H2,1H3. The van der Waals surface area contributed by atoms with Crippen molar-refractivity contribution in [1.29, 1.82) is 0 Å². The fourth-order valence-corrected chi connectivity index (χ4v) is 2.12. The maximum Gasteiger partial charge on any atom is 0.142 e. The third kappa shape index (κ3) is 3.25. The molecule has 2 rings (SSSR count). The molecule has 0 aliphatic carbocycles. The van der Waals surface area contributed by atoms with Crippen LogP contribution in [-0.2, 0) is 6.42 Å². The molecule has 19 heavy (non-hydrogen) atoms. The minimum atomic E-state index is -0.416. The monoisotopic (exact) mass is 279 g/mol. The van der Waals surface area contributed by atoms with Gasteiger partial charge in [0.15, 0.2) is 0 Å². The normalized spacial score (nSPS) is 12.2. The lowest BCUT2D eigenvalue weighted by Gasteiger charge is -2.14. The van der Waals surface area contributed by atoms with E-state index in [0.29, 0.717) is 12.0 Å². The molecule has 1 atom stereocenters. The molecule has 0 aliphatic heterocycles. The molecule has 0 saturated heterocycles. The Morgan fingerprint density at radius 1 is 1.21 bits per heavy atom. The summed E-state index contributed by atoms with van der Waals surface area (Å²) in [7, 11) is 1.61. The second-order valence-corrected chi connectivity index (χ2v) is 4.67. The number of halogens is 2. The number of ether oxygens (including phenoxy) is 1. The van der Waals surface area contributed by atoms with E-state index in [-0.39, 0.29) is 11.1 Å². The maximum atomic E-state index is 13.3. The van der Waals surface area contributed by atoms with Crippen LogP contribution in [0.2, 0.25) is 5.02 Å². The molecule has 2 N–H and O–H groups in total. The molecule has 1 unspecified atom stereocenters. The van der Waals surface area contributed by atoms with Gasteiger partial charge in [0, 0.05) is 6.04 Å². The van der Waals surface area contributed by atoms with Gasteiger partial charge >= 0.3 is 0 Å². The Morgan fingerprint density at radius 2 is 1.89 bits per heavy atom. The van der Waals surface area contributed by atoms with Crippen LogP contribution >= 0.6 is 11.6 Å². The van der Waals surface area contributed by atoms with Crippen LogP contribution in [0.4, 0.5) is 4.39 Å². The summed E-state index contributed by atoms with van der Waals surface area (Å²) in [4.78, 5) is 0. The molecule has 0 aliphatic rings. The lowest BCUT2D eigenvalue weighted by Crippen LogP contribution is -2.13. The first-order valence-corrected chi connectivity index (χ1v) is 6.32. The van der Waals surface area contributed by atoms with Crippen LogP contribution in [0.15, 0.2) is 42.5 Å². The van der Waals surface area contributed by atoms with Crippen molar-refractivity contribution >= 4 is 11.6 Å². The number of hydrogen-bond acceptors (Lipinski definition) is 2. The van der Waals surface area contributed by atoms with E-state index in [9.17, 15) is 4.39 Å². The van der Waals surface area contributed by atoms with Gasteiger partial charge in [0.25, 0.3) is 0 Å². The van der Waals surface area contributed by atoms with Crippen molar-refractivity contribution in [2.75, 3.05) is 7.11 Å². The molecule has 0 aromatic heterocycles. The number of hydrogen-bond donors (Lipinski definition) is 1. The predicted molar refractivity (Wildman–Crippen MR) is 75.0 cm³/mol. The third-order valence-electron chi connectivity index (χ3n) is 3.02. The molecule has 0 saturated carbocycles. The summed E-state index contributed by atoms with van der Waals surface area (Å²) in [5.41, 5.74) is 7.79. The Kier molecular flexibility index (Phi) is 4.40. The molecule has 100 valence electrons. The summed E-state index contributed by atoms with van der Waals surface area (Å²) in [6, 6.07) is 12.0. The quantitative estimate of drug-likeness (QED) is 0.925. The molecule has 0 heterocycles. The molecule has 2 aromatic carbocycles. The molecule has 0 spiro atoms. The first-order chi connectivity index (χ1) is 9.11. The zero-order valence-electron chi connectivity index (χ0n) is 10.6. The van der Waals surface area contributed by atoms with Crippen LogP contribution in [0.1, 0.15) is 17.2 Å². The SMILES string of the molecule is COc1ccc(C(N)Cc2cccc(F)c2Cl)cc1. The summed E-state index contributed by atoms with van der Waals surface area (Å²) < 4.78 is 18.4. The van der Waals surface area contributed by atoms with E-state index in [2.05, 4.69) is 0 Å². The van der Waals surface area contributed by atoms with Crippen molar-refractivity contribution < 1.29 is 9.13 Å². The van der Waals surface area contributed by atoms with Gasteiger partial charge in [-0.15, -0.1) is 0 Å². The minimum Gasteiger partial charge on any atom is -0.497 e. The van der Waals surface area contributed by atoms with Crippen molar-refractivity contribution in [3.8, 4) is 5.75 Å². The summed E-state index contributed by atoms with van der Waals surface area (Å²) in [5.74, 6) is 0.362. The van der Waals surface area contributed by atoms with Crippen molar-refractivity contribution in [3.63, 3.8) is 0 Å². The van der Waals surface area contributed by atoms with Crippen molar-refractivity contribution in [1.82, 2.24) is 0 Å². The highest BCUT2D eigenvalue weighted by Gasteiger charge is 2.12. The molecular weight excluding hydrogens is 265 g/mol. The van der Waals surface area contributed by atoms with Crippen LogP contribution in [0, 0.1) is 5.82 Å². The van der Waals surface area contributed by atoms with Gasteiger partial charge in [-0.25, -0.2) is 4.39 Å². The zero-order chi connectivity index (χ0) is 13.8. The first-order valence-electron chi connectivity index (χ1n) is 5.94. The fraction of sp³-hybridized carbons (Fsp3) is 0.200. The van der Waals surface area contributed by atoms with Crippen LogP contribution in [0.3, 0.4) is 0 Å². The lowest BCUT2D eigenvalue weighted by molar-refractivity contribution is 0.414. The van der Waals surface area contributed by atoms with Crippen molar-refractivity contribution in [3.05, 3.63) is 64.4 Å². The molecule has 0 amide bonds. The summed E-state index contributed by atoms with van der Waals surface area (Å²) in [6.07, 6.45) is 0.489. The van der Waals surface area contributed by atoms with E-state index in [1.54, 1.807) is 19.2 Å². The highest BCUT2D eigenvalue weighted by Crippen LogP contribution is 2.25. The topological polar surface area (TPSA) is 35.2 Å². The van der Waals surface area contributed by atoms with Crippen molar-refractivity contribution in [2.45, 2.75) is 12.5 Å². The van der Waals surface area contributed by atoms with Gasteiger partial charge in [0.1, 0.15) is 11.6 Å². The van der Waals surface area contributed by atoms with Crippen LogP contribution in [-0.4, -0.2) is 7.11 Å². The molecule has 2 nitrogen and oxygen atoms in total. The molecule has 0 bridgehead atoms. The van der Waals surface area contributed by atoms with E-state index in [1.807, 2.05) is 24.3 Å². The highest BCUT2D eigenvalue weighted by atomic mass is 35.5. The number of nitrogens with two attached hydrogens (primary N) is 1. The molecule has 0 fully saturated rings. The van der Waals surface area contributed by atoms with Gasteiger partial charge in [-0.2, -0.15) is 0 Å². The Hall–Kier alpha value is -1.58. The van der Waals surface area contributed by atoms with Gasteiger partial charge in [-0.05, 0) is 35.7 Å². The van der Waals surface area contributed by atoms with E-state index in [1.165, 1.54) is 6.07 Å². The second kappa shape index (κ2) is 6.04. The Balaban J connectivity index is 2.15. The van der Waals surface area contributed by atoms with Gasteiger partial charge in [-0.3, -0.25) is 0 Å². The Bertz CT molecular complexity index is 557. The second-order valence-electron chi connectivity index (χ2n) is 4.30. The average molecular weight is 280 g/mol. The molecular formula is C15H15ClFNO. The Labute approximate surface area is 117 Å². The van der Waals surface area contributed by atoms with Gasteiger partial charge < -0.3 is 10.5 Å². The zero-order valence-corrected chi connectivity index (χ0v) is 11.3. The largest absolute Gasteiger partial charge is 0.497 e. The average Bonchev–Trinajstić information content (AvgIpc) is 2.44. The lowest BCUT2D eigenvalue weighted by atomic mass is 9.99. The maximum absolute atomic E-state index is 13.3. The van der Waals surface area contributed by atoms with Gasteiger partial charge in [0.2, 0.25) is 0 Å². The number of rotatable bonds is 4. The Morgan fingerprint density at radius 3 is 2.53 bits per heavy atom. The minimum absolute atomic E-state index is 0.145. The number of methoxy groups -OCH3 is 1. The van der Waals surface area contributed by atoms with Gasteiger partial charge in [0.05, 0.1) is 12.1 Å². The fourth-order valence-electron chi connectivity index (χ4n) is 1.91.